The monoisotopic (exact) mass is 434 g/mol. The van der Waals surface area contributed by atoms with E-state index in [2.05, 4.69) is 10.4 Å². The largest absolute Gasteiger partial charge is 0.322 e. The van der Waals surface area contributed by atoms with Crippen molar-refractivity contribution < 1.29 is 9.59 Å². The SMILES string of the molecule is Cc1ccccc1-n1ncc(C(=O)Nc2ccc(N3CCCC3=O)c(Cl)c2)c1C1CC1. The summed E-state index contributed by atoms with van der Waals surface area (Å²) in [6.45, 7) is 2.72. The zero-order chi connectivity index (χ0) is 21.5. The first kappa shape index (κ1) is 19.8. The number of aromatic nitrogens is 2. The number of hydrogen-bond acceptors (Lipinski definition) is 3. The van der Waals surface area contributed by atoms with Crippen molar-refractivity contribution in [3.63, 3.8) is 0 Å². The molecule has 2 aromatic carbocycles. The summed E-state index contributed by atoms with van der Waals surface area (Å²) in [7, 11) is 0. The summed E-state index contributed by atoms with van der Waals surface area (Å²) in [5.74, 6) is 0.217. The molecule has 7 heteroatoms. The highest BCUT2D eigenvalue weighted by atomic mass is 35.5. The van der Waals surface area contributed by atoms with Gasteiger partial charge in [0, 0.05) is 24.6 Å². The first-order valence-corrected chi connectivity index (χ1v) is 11.0. The van der Waals surface area contributed by atoms with E-state index in [9.17, 15) is 9.59 Å². The van der Waals surface area contributed by atoms with Gasteiger partial charge in [-0.1, -0.05) is 29.8 Å². The number of hydrogen-bond donors (Lipinski definition) is 1. The fourth-order valence-electron chi connectivity index (χ4n) is 4.18. The van der Waals surface area contributed by atoms with Crippen LogP contribution in [0.4, 0.5) is 11.4 Å². The summed E-state index contributed by atoms with van der Waals surface area (Å²) < 4.78 is 1.90. The number of rotatable bonds is 5. The van der Waals surface area contributed by atoms with Crippen LogP contribution < -0.4 is 10.2 Å². The third-order valence-electron chi connectivity index (χ3n) is 5.93. The van der Waals surface area contributed by atoms with Gasteiger partial charge in [-0.2, -0.15) is 5.10 Å². The maximum Gasteiger partial charge on any atom is 0.259 e. The lowest BCUT2D eigenvalue weighted by Gasteiger charge is -2.18. The molecule has 0 spiro atoms. The molecule has 3 aromatic rings. The van der Waals surface area contributed by atoms with Gasteiger partial charge in [0.2, 0.25) is 5.91 Å². The molecule has 0 radical (unpaired) electrons. The molecule has 2 fully saturated rings. The van der Waals surface area contributed by atoms with Gasteiger partial charge in [0.1, 0.15) is 0 Å². The zero-order valence-corrected chi connectivity index (χ0v) is 18.0. The van der Waals surface area contributed by atoms with E-state index in [1.54, 1.807) is 29.3 Å². The molecule has 1 saturated carbocycles. The van der Waals surface area contributed by atoms with Crippen LogP contribution in [0.15, 0.2) is 48.7 Å². The van der Waals surface area contributed by atoms with Gasteiger partial charge >= 0.3 is 0 Å². The molecular weight excluding hydrogens is 412 g/mol. The van der Waals surface area contributed by atoms with E-state index < -0.39 is 0 Å². The number of aryl methyl sites for hydroxylation is 1. The van der Waals surface area contributed by atoms with Gasteiger partial charge in [0.15, 0.2) is 0 Å². The van der Waals surface area contributed by atoms with Crippen LogP contribution in [-0.4, -0.2) is 28.1 Å². The predicted octanol–water partition coefficient (Wildman–Crippen LogP) is 5.09. The fourth-order valence-corrected chi connectivity index (χ4v) is 4.46. The van der Waals surface area contributed by atoms with Crippen LogP contribution in [0.3, 0.4) is 0 Å². The van der Waals surface area contributed by atoms with Gasteiger partial charge in [-0.3, -0.25) is 9.59 Å². The lowest BCUT2D eigenvalue weighted by molar-refractivity contribution is -0.117. The van der Waals surface area contributed by atoms with Gasteiger partial charge < -0.3 is 10.2 Å². The Hall–Kier alpha value is -3.12. The van der Waals surface area contributed by atoms with E-state index >= 15 is 0 Å². The van der Waals surface area contributed by atoms with Crippen LogP contribution in [0.5, 0.6) is 0 Å². The minimum absolute atomic E-state index is 0.0800. The highest BCUT2D eigenvalue weighted by Crippen LogP contribution is 2.43. The minimum Gasteiger partial charge on any atom is -0.322 e. The standard InChI is InChI=1S/C24H23ClN4O2/c1-15-5-2-3-6-20(15)29-23(16-8-9-16)18(14-26-29)24(31)27-17-10-11-21(19(25)13-17)28-12-4-7-22(28)30/h2-3,5-6,10-11,13-14,16H,4,7-9,12H2,1H3,(H,27,31). The zero-order valence-electron chi connectivity index (χ0n) is 17.3. The molecular formula is C24H23ClN4O2. The molecule has 2 amide bonds. The Kier molecular flexibility index (Phi) is 5.02. The molecule has 2 aliphatic rings. The Labute approximate surface area is 185 Å². The molecule has 1 N–H and O–H groups in total. The highest BCUT2D eigenvalue weighted by molar-refractivity contribution is 6.34. The number of carbonyl (C=O) groups excluding carboxylic acids is 2. The van der Waals surface area contributed by atoms with Gasteiger partial charge in [-0.25, -0.2) is 4.68 Å². The number of nitrogens with one attached hydrogen (secondary N) is 1. The Morgan fingerprint density at radius 3 is 2.65 bits per heavy atom. The summed E-state index contributed by atoms with van der Waals surface area (Å²) in [4.78, 5) is 26.8. The van der Waals surface area contributed by atoms with Crippen LogP contribution in [0.2, 0.25) is 5.02 Å². The molecule has 0 bridgehead atoms. The van der Waals surface area contributed by atoms with E-state index in [0.717, 1.165) is 36.2 Å². The van der Waals surface area contributed by atoms with Crippen LogP contribution >= 0.6 is 11.6 Å². The van der Waals surface area contributed by atoms with Gasteiger partial charge in [0.25, 0.3) is 5.91 Å². The summed E-state index contributed by atoms with van der Waals surface area (Å²) in [5.41, 5.74) is 4.92. The third kappa shape index (κ3) is 3.72. The van der Waals surface area contributed by atoms with Crippen molar-refractivity contribution in [2.24, 2.45) is 0 Å². The maximum atomic E-state index is 13.1. The van der Waals surface area contributed by atoms with Crippen LogP contribution in [0.1, 0.15) is 53.2 Å². The lowest BCUT2D eigenvalue weighted by Crippen LogP contribution is -2.24. The number of carbonyl (C=O) groups is 2. The molecule has 5 rings (SSSR count). The molecule has 1 aliphatic carbocycles. The number of nitrogens with zero attached hydrogens (tertiary/aromatic N) is 3. The minimum atomic E-state index is -0.206. The summed E-state index contributed by atoms with van der Waals surface area (Å²) >= 11 is 6.44. The average Bonchev–Trinajstić information content (AvgIpc) is 3.35. The quantitative estimate of drug-likeness (QED) is 0.608. The summed E-state index contributed by atoms with van der Waals surface area (Å²) in [6, 6.07) is 13.3. The first-order chi connectivity index (χ1) is 15.0. The molecule has 0 unspecified atom stereocenters. The third-order valence-corrected chi connectivity index (χ3v) is 6.23. The number of para-hydroxylation sites is 1. The Balaban J connectivity index is 1.42. The normalized spacial score (nSPS) is 16.1. The maximum absolute atomic E-state index is 13.1. The predicted molar refractivity (Wildman–Crippen MR) is 121 cm³/mol. The Morgan fingerprint density at radius 1 is 1.16 bits per heavy atom. The van der Waals surface area contributed by atoms with Crippen molar-refractivity contribution in [1.82, 2.24) is 9.78 Å². The van der Waals surface area contributed by atoms with Crippen molar-refractivity contribution in [3.8, 4) is 5.69 Å². The second kappa shape index (κ2) is 7.85. The molecule has 1 saturated heterocycles. The molecule has 0 atom stereocenters. The van der Waals surface area contributed by atoms with Crippen molar-refractivity contribution in [3.05, 3.63) is 70.5 Å². The molecule has 6 nitrogen and oxygen atoms in total. The van der Waals surface area contributed by atoms with Crippen LogP contribution in [-0.2, 0) is 4.79 Å². The van der Waals surface area contributed by atoms with Gasteiger partial charge in [-0.15, -0.1) is 0 Å². The smallest absolute Gasteiger partial charge is 0.259 e. The number of benzene rings is 2. The highest BCUT2D eigenvalue weighted by Gasteiger charge is 2.33. The van der Waals surface area contributed by atoms with Crippen molar-refractivity contribution in [2.75, 3.05) is 16.8 Å². The van der Waals surface area contributed by atoms with E-state index in [4.69, 9.17) is 11.6 Å². The summed E-state index contributed by atoms with van der Waals surface area (Å²) in [6.07, 6.45) is 5.14. The van der Waals surface area contributed by atoms with Gasteiger partial charge in [-0.05, 0) is 56.0 Å². The van der Waals surface area contributed by atoms with Crippen LogP contribution in [0, 0.1) is 6.92 Å². The van der Waals surface area contributed by atoms with E-state index in [-0.39, 0.29) is 11.8 Å². The van der Waals surface area contributed by atoms with E-state index in [0.29, 0.717) is 40.8 Å². The van der Waals surface area contributed by atoms with E-state index in [1.165, 1.54) is 0 Å². The van der Waals surface area contributed by atoms with Crippen LogP contribution in [0.25, 0.3) is 5.69 Å². The molecule has 31 heavy (non-hydrogen) atoms. The lowest BCUT2D eigenvalue weighted by atomic mass is 10.1. The van der Waals surface area contributed by atoms with Crippen molar-refractivity contribution in [2.45, 2.75) is 38.5 Å². The average molecular weight is 435 g/mol. The number of halogens is 1. The summed E-state index contributed by atoms with van der Waals surface area (Å²) in [5, 5.41) is 7.95. The van der Waals surface area contributed by atoms with Gasteiger partial charge in [0.05, 0.1) is 33.9 Å². The second-order valence-electron chi connectivity index (χ2n) is 8.19. The Bertz CT molecular complexity index is 1180. The number of amides is 2. The molecule has 1 aliphatic heterocycles. The Morgan fingerprint density at radius 2 is 1.97 bits per heavy atom. The molecule has 2 heterocycles. The second-order valence-corrected chi connectivity index (χ2v) is 8.59. The fraction of sp³-hybridized carbons (Fsp3) is 0.292. The number of anilines is 2. The van der Waals surface area contributed by atoms with E-state index in [1.807, 2.05) is 35.9 Å². The molecule has 1 aromatic heterocycles. The first-order valence-electron chi connectivity index (χ1n) is 10.6. The topological polar surface area (TPSA) is 67.2 Å². The van der Waals surface area contributed by atoms with Crippen molar-refractivity contribution >= 4 is 34.8 Å². The molecule has 158 valence electrons. The van der Waals surface area contributed by atoms with Crippen molar-refractivity contribution in [1.29, 1.82) is 0 Å².